The number of carbonyl (C=O) groups excluding carboxylic acids is 1. The Labute approximate surface area is 266 Å². The Bertz CT molecular complexity index is 1520. The normalized spacial score (nSPS) is 17.8. The van der Waals surface area contributed by atoms with E-state index < -0.39 is 21.0 Å². The van der Waals surface area contributed by atoms with Crippen molar-refractivity contribution in [1.82, 2.24) is 14.1 Å². The summed E-state index contributed by atoms with van der Waals surface area (Å²) < 4.78 is 33.6. The molecular formula is C34H42N4O6S. The second kappa shape index (κ2) is 15.8. The van der Waals surface area contributed by atoms with Gasteiger partial charge in [0, 0.05) is 50.9 Å². The first-order valence-electron chi connectivity index (χ1n) is 15.2. The SMILES string of the molecule is C=CCN(C(=O)OCc1ccc([N+](=O)[O-])cc1)[C@H]1CCN(CCC(CN(C)S(=O)(=O)c2ccccc2)c2ccccc2)C(C)C1. The molecule has 0 aromatic heterocycles. The Hall–Kier alpha value is -4.06. The minimum Gasteiger partial charge on any atom is -0.445 e. The monoisotopic (exact) mass is 634 g/mol. The van der Waals surface area contributed by atoms with Gasteiger partial charge in [0.05, 0.1) is 9.82 Å². The van der Waals surface area contributed by atoms with Crippen LogP contribution in [0, 0.1) is 10.1 Å². The van der Waals surface area contributed by atoms with E-state index in [-0.39, 0.29) is 35.2 Å². The molecule has 1 aliphatic rings. The van der Waals surface area contributed by atoms with Crippen LogP contribution in [0.25, 0.3) is 0 Å². The fraction of sp³-hybridized carbons (Fsp3) is 0.382. The van der Waals surface area contributed by atoms with E-state index in [0.717, 1.165) is 37.9 Å². The molecule has 0 radical (unpaired) electrons. The summed E-state index contributed by atoms with van der Waals surface area (Å²) in [4.78, 5) is 28.0. The molecule has 2 unspecified atom stereocenters. The average molecular weight is 635 g/mol. The van der Waals surface area contributed by atoms with Crippen LogP contribution in [0.1, 0.15) is 43.2 Å². The molecule has 0 spiro atoms. The van der Waals surface area contributed by atoms with Gasteiger partial charge in [-0.1, -0.05) is 54.6 Å². The lowest BCUT2D eigenvalue weighted by molar-refractivity contribution is -0.384. The summed E-state index contributed by atoms with van der Waals surface area (Å²) in [6.07, 6.45) is 3.56. The molecule has 4 rings (SSSR count). The number of carbonyl (C=O) groups is 1. The molecule has 240 valence electrons. The number of nitro groups is 1. The van der Waals surface area contributed by atoms with Gasteiger partial charge in [0.2, 0.25) is 10.0 Å². The van der Waals surface area contributed by atoms with E-state index in [1.165, 1.54) is 16.4 Å². The van der Waals surface area contributed by atoms with Gasteiger partial charge < -0.3 is 14.5 Å². The molecular weight excluding hydrogens is 592 g/mol. The van der Waals surface area contributed by atoms with Crippen molar-refractivity contribution in [2.75, 3.05) is 33.2 Å². The van der Waals surface area contributed by atoms with Crippen molar-refractivity contribution in [1.29, 1.82) is 0 Å². The van der Waals surface area contributed by atoms with Crippen LogP contribution in [0.15, 0.2) is 102 Å². The van der Waals surface area contributed by atoms with E-state index in [0.29, 0.717) is 18.7 Å². The summed E-state index contributed by atoms with van der Waals surface area (Å²) in [6.45, 7) is 8.30. The zero-order valence-corrected chi connectivity index (χ0v) is 26.7. The van der Waals surface area contributed by atoms with Gasteiger partial charge in [0.1, 0.15) is 6.61 Å². The highest BCUT2D eigenvalue weighted by molar-refractivity contribution is 7.89. The molecule has 3 aromatic rings. The van der Waals surface area contributed by atoms with Crippen LogP contribution >= 0.6 is 0 Å². The van der Waals surface area contributed by atoms with Crippen molar-refractivity contribution in [2.24, 2.45) is 0 Å². The Morgan fingerprint density at radius 2 is 1.73 bits per heavy atom. The molecule has 0 saturated carbocycles. The lowest BCUT2D eigenvalue weighted by atomic mass is 9.93. The van der Waals surface area contributed by atoms with Crippen LogP contribution in [0.5, 0.6) is 0 Å². The third-order valence-electron chi connectivity index (χ3n) is 8.46. The highest BCUT2D eigenvalue weighted by atomic mass is 32.2. The third-order valence-corrected chi connectivity index (χ3v) is 10.3. The lowest BCUT2D eigenvalue weighted by Gasteiger charge is -2.42. The van der Waals surface area contributed by atoms with Crippen molar-refractivity contribution in [2.45, 2.75) is 55.7 Å². The number of piperidine rings is 1. The lowest BCUT2D eigenvalue weighted by Crippen LogP contribution is -2.51. The number of ether oxygens (including phenoxy) is 1. The van der Waals surface area contributed by atoms with Crippen LogP contribution in [-0.2, 0) is 21.4 Å². The summed E-state index contributed by atoms with van der Waals surface area (Å²) in [6, 6.07) is 24.7. The molecule has 0 aliphatic carbocycles. The quantitative estimate of drug-likeness (QED) is 0.120. The predicted octanol–water partition coefficient (Wildman–Crippen LogP) is 6.07. The Morgan fingerprint density at radius 1 is 1.09 bits per heavy atom. The van der Waals surface area contributed by atoms with Crippen LogP contribution in [0.3, 0.4) is 0 Å². The van der Waals surface area contributed by atoms with Crippen LogP contribution < -0.4 is 0 Å². The first-order chi connectivity index (χ1) is 21.6. The number of nitro benzene ring substituents is 1. The topological polar surface area (TPSA) is 113 Å². The first-order valence-corrected chi connectivity index (χ1v) is 16.6. The van der Waals surface area contributed by atoms with E-state index in [9.17, 15) is 23.3 Å². The summed E-state index contributed by atoms with van der Waals surface area (Å²) >= 11 is 0. The third kappa shape index (κ3) is 9.00. The molecule has 3 aromatic carbocycles. The van der Waals surface area contributed by atoms with Gasteiger partial charge in [0.15, 0.2) is 0 Å². The van der Waals surface area contributed by atoms with Gasteiger partial charge in [0.25, 0.3) is 5.69 Å². The highest BCUT2D eigenvalue weighted by Gasteiger charge is 2.33. The number of nitrogens with zero attached hydrogens (tertiary/aromatic N) is 4. The molecule has 45 heavy (non-hydrogen) atoms. The van der Waals surface area contributed by atoms with Crippen molar-refractivity contribution < 1.29 is 22.9 Å². The number of hydrogen-bond donors (Lipinski definition) is 0. The van der Waals surface area contributed by atoms with Crippen molar-refractivity contribution in [3.8, 4) is 0 Å². The Kier molecular flexibility index (Phi) is 11.9. The number of likely N-dealkylation sites (tertiary alicyclic amines) is 1. The summed E-state index contributed by atoms with van der Waals surface area (Å²) in [5.74, 6) is 0.00581. The van der Waals surface area contributed by atoms with E-state index in [4.69, 9.17) is 4.74 Å². The number of amides is 1. The molecule has 10 nitrogen and oxygen atoms in total. The fourth-order valence-corrected chi connectivity index (χ4v) is 7.09. The molecule has 3 atom stereocenters. The summed E-state index contributed by atoms with van der Waals surface area (Å²) in [5, 5.41) is 10.9. The fourth-order valence-electron chi connectivity index (χ4n) is 5.86. The standard InChI is InChI=1S/C34H42N4O6S/c1-4-21-37(34(39)44-26-28-15-17-31(18-16-28)38(40)41)32-20-23-36(27(2)24-32)22-19-30(29-11-7-5-8-12-29)25-35(3)45(42,43)33-13-9-6-10-14-33/h4-18,27,30,32H,1,19-26H2,2-3H3/t27?,30?,32-/m0/s1. The van der Waals surface area contributed by atoms with Crippen molar-refractivity contribution in [3.63, 3.8) is 0 Å². The maximum atomic E-state index is 13.3. The number of likely N-dealkylation sites (N-methyl/N-ethyl adjacent to an activating group) is 1. The zero-order valence-electron chi connectivity index (χ0n) is 25.9. The largest absolute Gasteiger partial charge is 0.445 e. The van der Waals surface area contributed by atoms with Crippen molar-refractivity contribution in [3.05, 3.63) is 119 Å². The minimum absolute atomic E-state index is 0.00581. The number of non-ortho nitro benzene ring substituents is 1. The summed E-state index contributed by atoms with van der Waals surface area (Å²) in [5.41, 5.74) is 1.76. The van der Waals surface area contributed by atoms with E-state index in [1.807, 2.05) is 18.2 Å². The molecule has 1 amide bonds. The van der Waals surface area contributed by atoms with Gasteiger partial charge in [-0.2, -0.15) is 0 Å². The number of rotatable bonds is 14. The van der Waals surface area contributed by atoms with Gasteiger partial charge in [-0.3, -0.25) is 10.1 Å². The second-order valence-electron chi connectivity index (χ2n) is 11.5. The number of hydrogen-bond acceptors (Lipinski definition) is 7. The maximum absolute atomic E-state index is 13.3. The predicted molar refractivity (Wildman–Crippen MR) is 174 cm³/mol. The van der Waals surface area contributed by atoms with Gasteiger partial charge in [-0.05, 0) is 74.0 Å². The van der Waals surface area contributed by atoms with E-state index in [2.05, 4.69) is 30.5 Å². The minimum atomic E-state index is -3.62. The maximum Gasteiger partial charge on any atom is 0.410 e. The van der Waals surface area contributed by atoms with Crippen LogP contribution in [0.2, 0.25) is 0 Å². The van der Waals surface area contributed by atoms with Gasteiger partial charge >= 0.3 is 6.09 Å². The van der Waals surface area contributed by atoms with Gasteiger partial charge in [-0.25, -0.2) is 17.5 Å². The van der Waals surface area contributed by atoms with Crippen molar-refractivity contribution >= 4 is 21.8 Å². The zero-order chi connectivity index (χ0) is 32.4. The highest BCUT2D eigenvalue weighted by Crippen LogP contribution is 2.28. The number of sulfonamides is 1. The Balaban J connectivity index is 1.36. The average Bonchev–Trinajstić information content (AvgIpc) is 3.05. The molecule has 11 heteroatoms. The molecule has 0 N–H and O–H groups in total. The summed E-state index contributed by atoms with van der Waals surface area (Å²) in [7, 11) is -1.98. The Morgan fingerprint density at radius 3 is 2.33 bits per heavy atom. The van der Waals surface area contributed by atoms with Crippen LogP contribution in [0.4, 0.5) is 10.5 Å². The molecule has 1 heterocycles. The van der Waals surface area contributed by atoms with E-state index >= 15 is 0 Å². The molecule has 1 fully saturated rings. The first kappa shape index (κ1) is 33.8. The van der Waals surface area contributed by atoms with Gasteiger partial charge in [-0.15, -0.1) is 6.58 Å². The molecule has 0 bridgehead atoms. The van der Waals surface area contributed by atoms with Crippen LogP contribution in [-0.4, -0.2) is 78.8 Å². The number of benzene rings is 3. The smallest absolute Gasteiger partial charge is 0.410 e. The molecule has 1 saturated heterocycles. The van der Waals surface area contributed by atoms with E-state index in [1.54, 1.807) is 60.5 Å². The second-order valence-corrected chi connectivity index (χ2v) is 13.5. The molecule has 1 aliphatic heterocycles.